The lowest BCUT2D eigenvalue weighted by Gasteiger charge is -2.49. The third-order valence-corrected chi connectivity index (χ3v) is 13.0. The molecule has 3 aromatic rings. The van der Waals surface area contributed by atoms with Crippen molar-refractivity contribution in [1.82, 2.24) is 14.7 Å². The van der Waals surface area contributed by atoms with Crippen molar-refractivity contribution in [1.29, 1.82) is 0 Å². The van der Waals surface area contributed by atoms with E-state index in [1.54, 1.807) is 50.2 Å². The number of thiocarbonyl (C=S) groups is 1. The average Bonchev–Trinajstić information content (AvgIpc) is 3.36. The second-order valence-corrected chi connectivity index (χ2v) is 15.8. The molecule has 1 fully saturated rings. The van der Waals surface area contributed by atoms with Gasteiger partial charge in [0.15, 0.2) is 11.5 Å². The molecule has 258 valence electrons. The number of thioether (sulfide) groups is 1. The Bertz CT molecular complexity index is 1760. The van der Waals surface area contributed by atoms with Crippen LogP contribution >= 0.6 is 24.0 Å². The van der Waals surface area contributed by atoms with Crippen molar-refractivity contribution in [3.05, 3.63) is 93.0 Å². The number of piperidine rings is 1. The van der Waals surface area contributed by atoms with E-state index in [1.165, 1.54) is 38.3 Å². The highest BCUT2D eigenvalue weighted by molar-refractivity contribution is 8.22. The first-order valence-corrected chi connectivity index (χ1v) is 19.1. The van der Waals surface area contributed by atoms with Crippen molar-refractivity contribution in [3.63, 3.8) is 0 Å². The maximum Gasteiger partial charge on any atom is 0.261 e. The third kappa shape index (κ3) is 6.27. The number of hydrogen-bond donors (Lipinski definition) is 0. The van der Waals surface area contributed by atoms with Gasteiger partial charge in [-0.1, -0.05) is 61.6 Å². The number of imide groups is 1. The monoisotopic (exact) mass is 697 g/mol. The van der Waals surface area contributed by atoms with Crippen LogP contribution in [0.3, 0.4) is 0 Å². The van der Waals surface area contributed by atoms with Crippen molar-refractivity contribution in [2.45, 2.75) is 65.0 Å². The van der Waals surface area contributed by atoms with Gasteiger partial charge in [-0.05, 0) is 109 Å². The van der Waals surface area contributed by atoms with Crippen LogP contribution in [-0.4, -0.2) is 77.0 Å². The van der Waals surface area contributed by atoms with Gasteiger partial charge in [-0.3, -0.25) is 19.4 Å². The molecule has 4 atom stereocenters. The Kier molecular flexibility index (Phi) is 9.79. The quantitative estimate of drug-likeness (QED) is 0.177. The molecular formula is C40H47N3O4S2. The highest BCUT2D eigenvalue weighted by atomic mass is 32.2. The molecule has 4 aliphatic rings. The second kappa shape index (κ2) is 14.1. The lowest BCUT2D eigenvalue weighted by molar-refractivity contribution is 0.0382. The fourth-order valence-corrected chi connectivity index (χ4v) is 10.1. The van der Waals surface area contributed by atoms with Crippen LogP contribution in [0.5, 0.6) is 11.5 Å². The highest BCUT2D eigenvalue weighted by Crippen LogP contribution is 2.48. The van der Waals surface area contributed by atoms with Crippen molar-refractivity contribution in [3.8, 4) is 11.5 Å². The fourth-order valence-electron chi connectivity index (χ4n) is 8.75. The van der Waals surface area contributed by atoms with Crippen LogP contribution in [-0.2, 0) is 12.8 Å². The molecular weight excluding hydrogens is 651 g/mol. The second-order valence-electron chi connectivity index (χ2n) is 14.1. The minimum absolute atomic E-state index is 0.0938. The van der Waals surface area contributed by atoms with Crippen LogP contribution in [0.4, 0.5) is 0 Å². The number of benzene rings is 3. The molecule has 7 nitrogen and oxygen atoms in total. The number of methoxy groups -OCH3 is 2. The number of nitrogens with zero attached hydrogens (tertiary/aromatic N) is 3. The van der Waals surface area contributed by atoms with Crippen LogP contribution in [0, 0.1) is 25.7 Å². The molecule has 4 aliphatic heterocycles. The summed E-state index contributed by atoms with van der Waals surface area (Å²) in [5.74, 6) is 2.75. The van der Waals surface area contributed by atoms with E-state index in [-0.39, 0.29) is 17.9 Å². The summed E-state index contributed by atoms with van der Waals surface area (Å²) < 4.78 is 12.4. The summed E-state index contributed by atoms with van der Waals surface area (Å²) in [5.41, 5.74) is 9.35. The van der Waals surface area contributed by atoms with Crippen LogP contribution in [0.25, 0.3) is 0 Å². The van der Waals surface area contributed by atoms with Gasteiger partial charge in [-0.2, -0.15) is 0 Å². The van der Waals surface area contributed by atoms with E-state index in [0.29, 0.717) is 41.3 Å². The van der Waals surface area contributed by atoms with Gasteiger partial charge < -0.3 is 14.4 Å². The van der Waals surface area contributed by atoms with Gasteiger partial charge in [0.05, 0.1) is 31.4 Å². The predicted octanol–water partition coefficient (Wildman–Crippen LogP) is 7.57. The van der Waals surface area contributed by atoms with Gasteiger partial charge in [-0.25, -0.2) is 0 Å². The molecule has 4 heterocycles. The van der Waals surface area contributed by atoms with Gasteiger partial charge in [-0.15, -0.1) is 0 Å². The van der Waals surface area contributed by atoms with E-state index in [0.717, 1.165) is 67.6 Å². The number of aryl methyl sites for hydroxylation is 2. The maximum absolute atomic E-state index is 13.0. The molecule has 2 amide bonds. The number of ether oxygens (including phenoxy) is 2. The van der Waals surface area contributed by atoms with Crippen molar-refractivity contribution < 1.29 is 19.1 Å². The zero-order valence-corrected chi connectivity index (χ0v) is 30.9. The first-order chi connectivity index (χ1) is 23.7. The largest absolute Gasteiger partial charge is 0.493 e. The van der Waals surface area contributed by atoms with Crippen LogP contribution in [0.2, 0.25) is 0 Å². The Hall–Kier alpha value is -3.40. The molecule has 3 aromatic carbocycles. The van der Waals surface area contributed by atoms with Crippen LogP contribution < -0.4 is 9.47 Å². The van der Waals surface area contributed by atoms with E-state index < -0.39 is 0 Å². The Morgan fingerprint density at radius 3 is 2.22 bits per heavy atom. The zero-order valence-electron chi connectivity index (χ0n) is 29.3. The highest BCUT2D eigenvalue weighted by Gasteiger charge is 2.42. The first-order valence-electron chi connectivity index (χ1n) is 17.7. The lowest BCUT2D eigenvalue weighted by Crippen LogP contribution is -2.47. The van der Waals surface area contributed by atoms with Gasteiger partial charge in [0.25, 0.3) is 11.8 Å². The predicted molar refractivity (Wildman–Crippen MR) is 200 cm³/mol. The summed E-state index contributed by atoms with van der Waals surface area (Å²) in [5, 5.41) is 0. The smallest absolute Gasteiger partial charge is 0.261 e. The van der Waals surface area contributed by atoms with Crippen LogP contribution in [0.15, 0.2) is 48.5 Å². The summed E-state index contributed by atoms with van der Waals surface area (Å²) >= 11 is 7.77. The van der Waals surface area contributed by atoms with Gasteiger partial charge in [0, 0.05) is 38.0 Å². The van der Waals surface area contributed by atoms with Gasteiger partial charge in [0.2, 0.25) is 0 Å². The summed E-state index contributed by atoms with van der Waals surface area (Å²) in [4.78, 5) is 32.5. The first kappa shape index (κ1) is 34.1. The van der Waals surface area contributed by atoms with E-state index in [9.17, 15) is 9.59 Å². The third-order valence-electron chi connectivity index (χ3n) is 11.6. The topological polar surface area (TPSA) is 62.3 Å². The average molecular weight is 698 g/mol. The van der Waals surface area contributed by atoms with E-state index in [2.05, 4.69) is 54.8 Å². The Morgan fingerprint density at radius 2 is 1.53 bits per heavy atom. The molecule has 0 saturated carbocycles. The summed E-state index contributed by atoms with van der Waals surface area (Å²) in [6.45, 7) is 10.2. The fraction of sp³-hybridized carbons (Fsp3) is 0.475. The molecule has 9 heteroatoms. The van der Waals surface area contributed by atoms with Crippen molar-refractivity contribution >= 4 is 40.1 Å². The standard InChI is InChI=1S/C40H47N3O4S2/c1-6-26-23-41-13-11-27-17-24(2)25(3)18-32(27)34(41)19-29(26)20-35-33-22-37(47-5)36(46-4)21-28(33)12-14-42(35)40(48)49-16-15-43-38(44)30-9-7-8-10-31(30)39(43)45/h7-10,17-18,21-22,26,29,34-35H,6,11-16,19-20,23H2,1-5H3. The summed E-state index contributed by atoms with van der Waals surface area (Å²) in [6, 6.07) is 16.8. The number of carbonyl (C=O) groups is 2. The van der Waals surface area contributed by atoms with Crippen molar-refractivity contribution in [2.75, 3.05) is 46.2 Å². The molecule has 0 bridgehead atoms. The van der Waals surface area contributed by atoms with Crippen molar-refractivity contribution in [2.24, 2.45) is 11.8 Å². The normalized spacial score (nSPS) is 23.1. The maximum atomic E-state index is 13.0. The molecule has 1 saturated heterocycles. The Labute approximate surface area is 300 Å². The lowest BCUT2D eigenvalue weighted by atomic mass is 9.72. The Balaban J connectivity index is 1.14. The van der Waals surface area contributed by atoms with E-state index >= 15 is 0 Å². The number of fused-ring (bicyclic) bond motifs is 5. The molecule has 0 N–H and O–H groups in total. The molecule has 0 aromatic heterocycles. The van der Waals surface area contributed by atoms with Crippen LogP contribution in [0.1, 0.15) is 92.4 Å². The minimum Gasteiger partial charge on any atom is -0.493 e. The number of hydrogen-bond acceptors (Lipinski definition) is 7. The molecule has 0 spiro atoms. The number of carbonyl (C=O) groups excluding carboxylic acids is 2. The number of rotatable bonds is 8. The molecule has 4 unspecified atom stereocenters. The van der Waals surface area contributed by atoms with E-state index in [1.807, 2.05) is 0 Å². The molecule has 49 heavy (non-hydrogen) atoms. The Morgan fingerprint density at radius 1 is 0.878 bits per heavy atom. The molecule has 0 radical (unpaired) electrons. The zero-order chi connectivity index (χ0) is 34.4. The molecule has 0 aliphatic carbocycles. The summed E-state index contributed by atoms with van der Waals surface area (Å²) in [6.07, 6.45) is 5.28. The minimum atomic E-state index is -0.218. The van der Waals surface area contributed by atoms with Gasteiger partial charge >= 0.3 is 0 Å². The number of amides is 2. The van der Waals surface area contributed by atoms with E-state index in [4.69, 9.17) is 21.7 Å². The SMILES string of the molecule is CCC1CN2CCc3cc(C)c(C)cc3C2CC1CC1c2cc(OC)c(OC)cc2CCN1C(=S)SCCN1C(=O)c2ccccc2C1=O. The van der Waals surface area contributed by atoms with Gasteiger partial charge in [0.1, 0.15) is 4.32 Å². The molecule has 7 rings (SSSR count). The summed E-state index contributed by atoms with van der Waals surface area (Å²) in [7, 11) is 3.40.